The van der Waals surface area contributed by atoms with Crippen LogP contribution in [0.15, 0.2) is 53.0 Å². The zero-order valence-electron chi connectivity index (χ0n) is 12.8. The van der Waals surface area contributed by atoms with Crippen LogP contribution in [0.2, 0.25) is 5.02 Å². The zero-order chi connectivity index (χ0) is 17.1. The van der Waals surface area contributed by atoms with E-state index in [9.17, 15) is 4.79 Å². The van der Waals surface area contributed by atoms with Crippen molar-refractivity contribution in [2.45, 2.75) is 13.3 Å². The van der Waals surface area contributed by atoms with Crippen molar-refractivity contribution in [3.63, 3.8) is 0 Å². The monoisotopic (exact) mass is 420 g/mol. The van der Waals surface area contributed by atoms with Crippen molar-refractivity contribution >= 4 is 49.9 Å². The first-order valence-corrected chi connectivity index (χ1v) is 9.28. The van der Waals surface area contributed by atoms with E-state index in [1.165, 1.54) is 16.9 Å². The van der Waals surface area contributed by atoms with Gasteiger partial charge in [0.2, 0.25) is 0 Å². The Kier molecular flexibility index (Phi) is 5.33. The van der Waals surface area contributed by atoms with Gasteiger partial charge in [0.1, 0.15) is 0 Å². The van der Waals surface area contributed by atoms with Crippen molar-refractivity contribution in [2.75, 3.05) is 5.32 Å². The summed E-state index contributed by atoms with van der Waals surface area (Å²) in [6.07, 6.45) is 0.783. The molecular weight excluding hydrogens is 408 g/mol. The summed E-state index contributed by atoms with van der Waals surface area (Å²) >= 11 is 11.0. The third-order valence-corrected chi connectivity index (χ3v) is 5.38. The molecule has 2 aromatic carbocycles. The molecule has 1 N–H and O–H groups in total. The number of anilines is 1. The van der Waals surface area contributed by atoms with Crippen LogP contribution < -0.4 is 5.32 Å². The highest BCUT2D eigenvalue weighted by atomic mass is 79.9. The maximum Gasteiger partial charge on any atom is 0.258 e. The van der Waals surface area contributed by atoms with Crippen LogP contribution in [-0.4, -0.2) is 10.9 Å². The molecule has 0 bridgehead atoms. The maximum absolute atomic E-state index is 12.3. The minimum atomic E-state index is -0.247. The molecular formula is C18H14BrClN2OS. The number of amides is 1. The predicted octanol–water partition coefficient (Wildman–Crippen LogP) is 5.71. The largest absolute Gasteiger partial charge is 0.298 e. The van der Waals surface area contributed by atoms with Crippen LogP contribution >= 0.6 is 38.9 Å². The third-order valence-electron chi connectivity index (χ3n) is 3.49. The van der Waals surface area contributed by atoms with Crippen molar-refractivity contribution < 1.29 is 4.79 Å². The molecule has 3 nitrogen and oxygen atoms in total. The van der Waals surface area contributed by atoms with Crippen LogP contribution in [0.25, 0.3) is 0 Å². The van der Waals surface area contributed by atoms with Gasteiger partial charge in [-0.05, 0) is 36.8 Å². The smallest absolute Gasteiger partial charge is 0.258 e. The molecule has 0 aliphatic carbocycles. The molecule has 122 valence electrons. The second-order valence-electron chi connectivity index (χ2n) is 5.27. The highest BCUT2D eigenvalue weighted by Crippen LogP contribution is 2.27. The maximum atomic E-state index is 12.3. The van der Waals surface area contributed by atoms with Crippen molar-refractivity contribution in [3.8, 4) is 0 Å². The quantitative estimate of drug-likeness (QED) is 0.586. The second kappa shape index (κ2) is 7.47. The van der Waals surface area contributed by atoms with E-state index >= 15 is 0 Å². The number of carbonyl (C=O) groups excluding carboxylic acids is 1. The average molecular weight is 422 g/mol. The molecule has 1 amide bonds. The Labute approximate surface area is 157 Å². The van der Waals surface area contributed by atoms with Crippen LogP contribution in [0.4, 0.5) is 5.13 Å². The summed E-state index contributed by atoms with van der Waals surface area (Å²) in [5.41, 5.74) is 2.56. The summed E-state index contributed by atoms with van der Waals surface area (Å²) in [5, 5.41) is 3.85. The van der Waals surface area contributed by atoms with Gasteiger partial charge in [0.05, 0.1) is 16.3 Å². The van der Waals surface area contributed by atoms with Gasteiger partial charge in [-0.2, -0.15) is 0 Å². The lowest BCUT2D eigenvalue weighted by molar-refractivity contribution is 0.102. The summed E-state index contributed by atoms with van der Waals surface area (Å²) in [6, 6.07) is 15.1. The molecule has 1 aromatic heterocycles. The van der Waals surface area contributed by atoms with Crippen molar-refractivity contribution in [1.82, 2.24) is 4.98 Å². The van der Waals surface area contributed by atoms with Crippen LogP contribution in [0, 0.1) is 6.92 Å². The summed E-state index contributed by atoms with van der Waals surface area (Å²) in [6.45, 7) is 1.95. The van der Waals surface area contributed by atoms with Gasteiger partial charge in [-0.25, -0.2) is 4.98 Å². The van der Waals surface area contributed by atoms with E-state index in [0.717, 1.165) is 21.5 Å². The standard InChI is InChI=1S/C18H14BrClN2OS/c1-11-16(10-12-5-4-6-13(19)9-12)24-18(21-11)22-17(23)14-7-2-3-8-15(14)20/h2-9H,10H2,1H3,(H,21,22,23). The number of thiazole rings is 1. The number of nitrogens with zero attached hydrogens (tertiary/aromatic N) is 1. The summed E-state index contributed by atoms with van der Waals surface area (Å²) in [7, 11) is 0. The Morgan fingerprint density at radius 3 is 2.79 bits per heavy atom. The molecule has 0 unspecified atom stereocenters. The molecule has 3 aromatic rings. The topological polar surface area (TPSA) is 42.0 Å². The van der Waals surface area contributed by atoms with Gasteiger partial charge in [0.15, 0.2) is 5.13 Å². The summed E-state index contributed by atoms with van der Waals surface area (Å²) < 4.78 is 1.05. The first-order chi connectivity index (χ1) is 11.5. The molecule has 0 saturated carbocycles. The first kappa shape index (κ1) is 17.1. The molecule has 24 heavy (non-hydrogen) atoms. The van der Waals surface area contributed by atoms with Crippen molar-refractivity contribution in [2.24, 2.45) is 0 Å². The normalized spacial score (nSPS) is 10.6. The number of aryl methyl sites for hydroxylation is 1. The van der Waals surface area contributed by atoms with Gasteiger partial charge < -0.3 is 0 Å². The molecule has 6 heteroatoms. The number of hydrogen-bond acceptors (Lipinski definition) is 3. The Balaban J connectivity index is 1.77. The number of rotatable bonds is 4. The van der Waals surface area contributed by atoms with E-state index in [-0.39, 0.29) is 5.91 Å². The molecule has 3 rings (SSSR count). The SMILES string of the molecule is Cc1nc(NC(=O)c2ccccc2Cl)sc1Cc1cccc(Br)c1. The van der Waals surface area contributed by atoms with Crippen LogP contribution in [-0.2, 0) is 6.42 Å². The van der Waals surface area contributed by atoms with Crippen LogP contribution in [0.5, 0.6) is 0 Å². The average Bonchev–Trinajstić information content (AvgIpc) is 2.87. The van der Waals surface area contributed by atoms with Gasteiger partial charge in [-0.15, -0.1) is 11.3 Å². The number of nitrogens with one attached hydrogen (secondary N) is 1. The Hall–Kier alpha value is -1.69. The van der Waals surface area contributed by atoms with Gasteiger partial charge in [-0.1, -0.05) is 51.8 Å². The molecule has 0 saturated heterocycles. The fraction of sp³-hybridized carbons (Fsp3) is 0.111. The highest BCUT2D eigenvalue weighted by Gasteiger charge is 2.14. The molecule has 1 heterocycles. The third kappa shape index (κ3) is 4.04. The Morgan fingerprint density at radius 2 is 2.04 bits per heavy atom. The van der Waals surface area contributed by atoms with E-state index in [4.69, 9.17) is 11.6 Å². The number of hydrogen-bond donors (Lipinski definition) is 1. The molecule has 0 aliphatic rings. The summed E-state index contributed by atoms with van der Waals surface area (Å²) in [5.74, 6) is -0.247. The molecule has 0 radical (unpaired) electrons. The van der Waals surface area contributed by atoms with E-state index in [0.29, 0.717) is 15.7 Å². The lowest BCUT2D eigenvalue weighted by Gasteiger charge is -2.03. The van der Waals surface area contributed by atoms with Gasteiger partial charge in [0, 0.05) is 15.8 Å². The van der Waals surface area contributed by atoms with Gasteiger partial charge in [-0.3, -0.25) is 10.1 Å². The summed E-state index contributed by atoms with van der Waals surface area (Å²) in [4.78, 5) is 17.9. The minimum Gasteiger partial charge on any atom is -0.298 e. The van der Waals surface area contributed by atoms with Gasteiger partial charge >= 0.3 is 0 Å². The second-order valence-corrected chi connectivity index (χ2v) is 7.67. The molecule has 0 spiro atoms. The number of aromatic nitrogens is 1. The van der Waals surface area contributed by atoms with Crippen LogP contribution in [0.3, 0.4) is 0 Å². The van der Waals surface area contributed by atoms with E-state index in [2.05, 4.69) is 38.4 Å². The zero-order valence-corrected chi connectivity index (χ0v) is 16.0. The predicted molar refractivity (Wildman–Crippen MR) is 103 cm³/mol. The highest BCUT2D eigenvalue weighted by molar-refractivity contribution is 9.10. The van der Waals surface area contributed by atoms with E-state index in [1.807, 2.05) is 19.1 Å². The van der Waals surface area contributed by atoms with Crippen molar-refractivity contribution in [1.29, 1.82) is 0 Å². The fourth-order valence-electron chi connectivity index (χ4n) is 2.29. The molecule has 0 fully saturated rings. The Morgan fingerprint density at radius 1 is 1.25 bits per heavy atom. The fourth-order valence-corrected chi connectivity index (χ4v) is 3.95. The molecule has 0 atom stereocenters. The van der Waals surface area contributed by atoms with E-state index in [1.54, 1.807) is 24.3 Å². The first-order valence-electron chi connectivity index (χ1n) is 7.29. The van der Waals surface area contributed by atoms with Crippen molar-refractivity contribution in [3.05, 3.63) is 79.7 Å². The lowest BCUT2D eigenvalue weighted by atomic mass is 10.1. The number of carbonyl (C=O) groups is 1. The van der Waals surface area contributed by atoms with Gasteiger partial charge in [0.25, 0.3) is 5.91 Å². The minimum absolute atomic E-state index is 0.247. The lowest BCUT2D eigenvalue weighted by Crippen LogP contribution is -2.12. The number of benzene rings is 2. The number of halogens is 2. The van der Waals surface area contributed by atoms with Crippen LogP contribution in [0.1, 0.15) is 26.5 Å². The Bertz CT molecular complexity index is 894. The molecule has 0 aliphatic heterocycles. The van der Waals surface area contributed by atoms with E-state index < -0.39 is 0 Å².